The van der Waals surface area contributed by atoms with Gasteiger partial charge in [0.25, 0.3) is 0 Å². The van der Waals surface area contributed by atoms with E-state index in [1.54, 1.807) is 0 Å². The number of aliphatic hydroxyl groups is 1. The van der Waals surface area contributed by atoms with Gasteiger partial charge in [0.05, 0.1) is 11.6 Å². The zero-order valence-electron chi connectivity index (χ0n) is 11.4. The fourth-order valence-electron chi connectivity index (χ4n) is 2.02. The third-order valence-corrected chi connectivity index (χ3v) is 3.27. The van der Waals surface area contributed by atoms with Crippen molar-refractivity contribution in [3.8, 4) is 6.07 Å². The maximum Gasteiger partial charge on any atom is 0.0991 e. The van der Waals surface area contributed by atoms with Crippen LogP contribution in [0.15, 0.2) is 18.2 Å². The highest BCUT2D eigenvalue weighted by atomic mass is 16.3. The molecule has 0 aliphatic carbocycles. The van der Waals surface area contributed by atoms with E-state index in [1.165, 1.54) is 5.56 Å². The number of hydrogen-bond donors (Lipinski definition) is 2. The maximum absolute atomic E-state index is 9.03. The molecule has 3 heteroatoms. The summed E-state index contributed by atoms with van der Waals surface area (Å²) in [6.45, 7) is 7.31. The van der Waals surface area contributed by atoms with Crippen LogP contribution in [0.1, 0.15) is 37.0 Å². The molecule has 0 aliphatic rings. The lowest BCUT2D eigenvalue weighted by Crippen LogP contribution is -2.34. The summed E-state index contributed by atoms with van der Waals surface area (Å²) in [5.74, 6) is 0.496. The Morgan fingerprint density at radius 3 is 2.61 bits per heavy atom. The normalized spacial score (nSPS) is 12.4. The highest BCUT2D eigenvalue weighted by Crippen LogP contribution is 2.12. The van der Waals surface area contributed by atoms with E-state index in [9.17, 15) is 0 Å². The molecular formula is C15H22N2O. The van der Waals surface area contributed by atoms with Crippen molar-refractivity contribution in [2.24, 2.45) is 5.92 Å². The number of hydrogen-bond acceptors (Lipinski definition) is 3. The van der Waals surface area contributed by atoms with Crippen LogP contribution in [0.2, 0.25) is 0 Å². The first-order valence-corrected chi connectivity index (χ1v) is 6.42. The smallest absolute Gasteiger partial charge is 0.0991 e. The number of nitrogens with zero attached hydrogens (tertiary/aromatic N) is 1. The second-order valence-corrected chi connectivity index (χ2v) is 5.00. The monoisotopic (exact) mass is 246 g/mol. The molecule has 0 saturated heterocycles. The van der Waals surface area contributed by atoms with Crippen molar-refractivity contribution in [3.05, 3.63) is 34.9 Å². The van der Waals surface area contributed by atoms with Crippen LogP contribution in [0.5, 0.6) is 0 Å². The topological polar surface area (TPSA) is 56.0 Å². The summed E-state index contributed by atoms with van der Waals surface area (Å²) in [5.41, 5.74) is 3.04. The first-order chi connectivity index (χ1) is 8.58. The minimum Gasteiger partial charge on any atom is -0.396 e. The van der Waals surface area contributed by atoms with Crippen molar-refractivity contribution in [3.63, 3.8) is 0 Å². The minimum atomic E-state index is 0.211. The molecule has 2 N–H and O–H groups in total. The fraction of sp³-hybridized carbons (Fsp3) is 0.533. The zero-order valence-corrected chi connectivity index (χ0v) is 11.4. The Morgan fingerprint density at radius 1 is 1.39 bits per heavy atom. The van der Waals surface area contributed by atoms with Gasteiger partial charge >= 0.3 is 0 Å². The largest absolute Gasteiger partial charge is 0.396 e. The summed E-state index contributed by atoms with van der Waals surface area (Å²) in [4.78, 5) is 0. The Balaban J connectivity index is 2.65. The second-order valence-electron chi connectivity index (χ2n) is 5.00. The third-order valence-electron chi connectivity index (χ3n) is 3.27. The van der Waals surface area contributed by atoms with Crippen LogP contribution in [-0.4, -0.2) is 17.8 Å². The van der Waals surface area contributed by atoms with Crippen LogP contribution >= 0.6 is 0 Å². The van der Waals surface area contributed by atoms with Crippen molar-refractivity contribution in [1.29, 1.82) is 5.26 Å². The molecule has 3 nitrogen and oxygen atoms in total. The van der Waals surface area contributed by atoms with Crippen LogP contribution in [0.4, 0.5) is 0 Å². The number of aliphatic hydroxyl groups excluding tert-OH is 1. The van der Waals surface area contributed by atoms with Crippen LogP contribution in [0.3, 0.4) is 0 Å². The van der Waals surface area contributed by atoms with Gasteiger partial charge in [0, 0.05) is 19.2 Å². The summed E-state index contributed by atoms with van der Waals surface area (Å²) in [7, 11) is 0. The molecule has 1 rings (SSSR count). The van der Waals surface area contributed by atoms with Crippen molar-refractivity contribution in [1.82, 2.24) is 5.32 Å². The molecule has 0 radical (unpaired) electrons. The SMILES string of the molecule is Cc1cc(C#N)ccc1CNC(CCO)C(C)C. The quantitative estimate of drug-likeness (QED) is 0.810. The van der Waals surface area contributed by atoms with Gasteiger partial charge in [0.15, 0.2) is 0 Å². The Hall–Kier alpha value is -1.37. The van der Waals surface area contributed by atoms with Crippen LogP contribution in [-0.2, 0) is 6.54 Å². The molecule has 0 amide bonds. The van der Waals surface area contributed by atoms with Gasteiger partial charge in [0.1, 0.15) is 0 Å². The molecule has 1 atom stereocenters. The van der Waals surface area contributed by atoms with E-state index in [0.717, 1.165) is 18.5 Å². The van der Waals surface area contributed by atoms with E-state index in [4.69, 9.17) is 10.4 Å². The Kier molecular flexibility index (Phi) is 5.84. The molecule has 98 valence electrons. The number of nitrogens with one attached hydrogen (secondary N) is 1. The average Bonchev–Trinajstić information content (AvgIpc) is 2.35. The van der Waals surface area contributed by atoms with E-state index >= 15 is 0 Å². The summed E-state index contributed by atoms with van der Waals surface area (Å²) in [5, 5.41) is 21.3. The van der Waals surface area contributed by atoms with Gasteiger partial charge in [-0.05, 0) is 42.5 Å². The number of benzene rings is 1. The Bertz CT molecular complexity index is 421. The third kappa shape index (κ3) is 4.14. The first-order valence-electron chi connectivity index (χ1n) is 6.42. The van der Waals surface area contributed by atoms with Gasteiger partial charge in [0.2, 0.25) is 0 Å². The average molecular weight is 246 g/mol. The molecule has 1 unspecified atom stereocenters. The van der Waals surface area contributed by atoms with E-state index in [-0.39, 0.29) is 6.61 Å². The van der Waals surface area contributed by atoms with Crippen molar-refractivity contribution < 1.29 is 5.11 Å². The Labute approximate surface area is 109 Å². The van der Waals surface area contributed by atoms with Crippen LogP contribution in [0, 0.1) is 24.2 Å². The van der Waals surface area contributed by atoms with E-state index in [0.29, 0.717) is 17.5 Å². The standard InChI is InChI=1S/C15H22N2O/c1-11(2)15(6-7-18)17-10-14-5-4-13(9-16)8-12(14)3/h4-5,8,11,15,17-18H,6-7,10H2,1-3H3. The first kappa shape index (κ1) is 14.7. The van der Waals surface area contributed by atoms with Crippen molar-refractivity contribution >= 4 is 0 Å². The lowest BCUT2D eigenvalue weighted by atomic mass is 10.00. The maximum atomic E-state index is 9.03. The lowest BCUT2D eigenvalue weighted by molar-refractivity contribution is 0.244. The van der Waals surface area contributed by atoms with Gasteiger partial charge in [-0.2, -0.15) is 5.26 Å². The van der Waals surface area contributed by atoms with Crippen LogP contribution in [0.25, 0.3) is 0 Å². The second kappa shape index (κ2) is 7.15. The van der Waals surface area contributed by atoms with E-state index < -0.39 is 0 Å². The highest BCUT2D eigenvalue weighted by Gasteiger charge is 2.12. The lowest BCUT2D eigenvalue weighted by Gasteiger charge is -2.22. The van der Waals surface area contributed by atoms with Crippen molar-refractivity contribution in [2.75, 3.05) is 6.61 Å². The summed E-state index contributed by atoms with van der Waals surface area (Å²) >= 11 is 0. The number of aryl methyl sites for hydroxylation is 1. The molecule has 0 saturated carbocycles. The molecule has 0 aromatic heterocycles. The molecule has 18 heavy (non-hydrogen) atoms. The molecule has 0 fully saturated rings. The number of rotatable bonds is 6. The summed E-state index contributed by atoms with van der Waals surface area (Å²) in [6.07, 6.45) is 0.771. The zero-order chi connectivity index (χ0) is 13.5. The fourth-order valence-corrected chi connectivity index (χ4v) is 2.02. The van der Waals surface area contributed by atoms with Gasteiger partial charge in [-0.15, -0.1) is 0 Å². The van der Waals surface area contributed by atoms with E-state index in [1.807, 2.05) is 25.1 Å². The van der Waals surface area contributed by atoms with E-state index in [2.05, 4.69) is 25.2 Å². The molecule has 1 aromatic carbocycles. The van der Waals surface area contributed by atoms with Gasteiger partial charge < -0.3 is 10.4 Å². The van der Waals surface area contributed by atoms with Crippen molar-refractivity contribution in [2.45, 2.75) is 39.8 Å². The summed E-state index contributed by atoms with van der Waals surface area (Å²) in [6, 6.07) is 8.22. The number of nitriles is 1. The molecule has 0 spiro atoms. The molecule has 0 bridgehead atoms. The molecule has 0 heterocycles. The Morgan fingerprint density at radius 2 is 2.11 bits per heavy atom. The van der Waals surface area contributed by atoms with Gasteiger partial charge in [-0.25, -0.2) is 0 Å². The predicted octanol–water partition coefficient (Wildman–Crippen LogP) is 2.36. The predicted molar refractivity (Wildman–Crippen MR) is 73.1 cm³/mol. The summed E-state index contributed by atoms with van der Waals surface area (Å²) < 4.78 is 0. The molecular weight excluding hydrogens is 224 g/mol. The molecule has 1 aromatic rings. The van der Waals surface area contributed by atoms with Crippen LogP contribution < -0.4 is 5.32 Å². The van der Waals surface area contributed by atoms with Gasteiger partial charge in [-0.1, -0.05) is 19.9 Å². The minimum absolute atomic E-state index is 0.211. The van der Waals surface area contributed by atoms with Gasteiger partial charge in [-0.3, -0.25) is 0 Å². The molecule has 0 aliphatic heterocycles. The highest BCUT2D eigenvalue weighted by molar-refractivity contribution is 5.37.